The molecule has 0 bridgehead atoms. The van der Waals surface area contributed by atoms with Crippen molar-refractivity contribution in [1.29, 1.82) is 0 Å². The van der Waals surface area contributed by atoms with Gasteiger partial charge in [0.2, 0.25) is 0 Å². The monoisotopic (exact) mass is 1960 g/mol. The van der Waals surface area contributed by atoms with E-state index >= 15 is 0 Å². The van der Waals surface area contributed by atoms with Crippen LogP contribution in [0.2, 0.25) is 0 Å². The molecule has 6 N–H and O–H groups in total. The van der Waals surface area contributed by atoms with E-state index in [-0.39, 0.29) is 83.9 Å². The predicted molar refractivity (Wildman–Crippen MR) is 529 cm³/mol. The number of aldehydes is 1. The third-order valence-electron chi connectivity index (χ3n) is 23.7. The number of ether oxygens (including phenoxy) is 7. The van der Waals surface area contributed by atoms with Crippen LogP contribution >= 0.6 is 0 Å². The number of carbonyl (C=O) groups excluding carboxylic acids is 5. The minimum Gasteiger partial charge on any atom is -0.482 e. The molecule has 44 heteroatoms. The number of alkyl carbamates (subject to hydrolysis) is 2. The molecule has 44 nitrogen and oxygen atoms in total. The van der Waals surface area contributed by atoms with Crippen LogP contribution in [0.1, 0.15) is 113 Å². The maximum atomic E-state index is 12.4. The van der Waals surface area contributed by atoms with Crippen LogP contribution in [-0.2, 0) is 85.4 Å². The van der Waals surface area contributed by atoms with E-state index in [2.05, 4.69) is 106 Å². The highest BCUT2D eigenvalue weighted by molar-refractivity contribution is 5.84. The van der Waals surface area contributed by atoms with Gasteiger partial charge in [-0.3, -0.25) is 56.4 Å². The fourth-order valence-corrected chi connectivity index (χ4v) is 16.4. The smallest absolute Gasteiger partial charge is 0.407 e. The number of hydrogen-bond donors (Lipinski definition) is 5. The molecule has 12 aromatic heterocycles. The quantitative estimate of drug-likeness (QED) is 0.0373. The molecule has 6 aliphatic heterocycles. The third-order valence-corrected chi connectivity index (χ3v) is 23.7. The lowest BCUT2D eigenvalue weighted by atomic mass is 10.1. The van der Waals surface area contributed by atoms with E-state index in [0.717, 1.165) is 156 Å². The van der Waals surface area contributed by atoms with Crippen LogP contribution in [0.25, 0.3) is 55.8 Å². The van der Waals surface area contributed by atoms with Gasteiger partial charge < -0.3 is 79.7 Å². The van der Waals surface area contributed by atoms with Crippen LogP contribution in [0.4, 0.5) is 9.59 Å². The number of nitrogens with zero attached hydrogens (tertiary/aromatic N) is 22. The van der Waals surface area contributed by atoms with Crippen molar-refractivity contribution in [2.24, 2.45) is 29.4 Å². The maximum Gasteiger partial charge on any atom is 0.407 e. The number of pyridine rings is 5. The van der Waals surface area contributed by atoms with E-state index < -0.39 is 17.5 Å². The summed E-state index contributed by atoms with van der Waals surface area (Å²) in [5.74, 6) is 3.98. The van der Waals surface area contributed by atoms with E-state index in [0.29, 0.717) is 150 Å². The minimum atomic E-state index is -0.490. The van der Waals surface area contributed by atoms with Crippen LogP contribution < -0.4 is 69.0 Å². The molecule has 2 amide bonds. The summed E-state index contributed by atoms with van der Waals surface area (Å²) >= 11 is 0. The number of hydrogen-bond acceptors (Lipinski definition) is 37. The first-order valence-electron chi connectivity index (χ1n) is 47.5. The van der Waals surface area contributed by atoms with Gasteiger partial charge in [0.25, 0.3) is 27.8 Å². The number of carbonyl (C=O) groups is 5. The molecule has 758 valence electrons. The summed E-state index contributed by atoms with van der Waals surface area (Å²) in [6.45, 7) is 36.8. The van der Waals surface area contributed by atoms with Crippen LogP contribution in [0.3, 0.4) is 0 Å². The molecule has 18 rings (SSSR count). The van der Waals surface area contributed by atoms with E-state index in [9.17, 15) is 47.9 Å². The van der Waals surface area contributed by atoms with Crippen LogP contribution in [0.5, 0.6) is 17.5 Å². The summed E-state index contributed by atoms with van der Waals surface area (Å²) in [7, 11) is 4.54. The molecule has 4 atom stereocenters. The predicted octanol–water partition coefficient (Wildman–Crippen LogP) is 4.96. The van der Waals surface area contributed by atoms with Gasteiger partial charge in [0, 0.05) is 115 Å². The van der Waals surface area contributed by atoms with Gasteiger partial charge in [-0.15, -0.1) is 0 Å². The highest BCUT2D eigenvalue weighted by Crippen LogP contribution is 2.26. The number of rotatable bonds is 25. The molecule has 0 unspecified atom stereocenters. The lowest BCUT2D eigenvalue weighted by Crippen LogP contribution is -2.36. The Hall–Kier alpha value is -13.8. The molecule has 0 saturated carbocycles. The van der Waals surface area contributed by atoms with Crippen LogP contribution in [0, 0.1) is 58.3 Å². The molecule has 0 spiro atoms. The molecular formula is C98H129N27O17. The van der Waals surface area contributed by atoms with Crippen molar-refractivity contribution >= 4 is 85.9 Å². The number of aromatic nitrogens is 19. The standard InChI is InChI=1S/C23H27N7O3.C20H29N5O3.C15H21N5O.C12H15N3O3.C10H9N3O2.C10H20N2O2.C8H8N2O3/c1-15-2-3-18-23(27-15)30(22(32)12-25-18)7-6-29-5-4-16(13-29)9-24-11-21-26-10-20-19(28-21)8-17(31)14-33-20;1-14-5-6-16-18(23-14)25(17(26)12-21-16)10-9-24-8-7-15(13-24)11-22-19(27)28-20(2,3)4;1-11-2-3-13-15(18-11)20(14(21)9-17-13)7-6-19-5-4-12(8-16)10-19;1-8-4-5-9-12(14-8)15(10(16)6-13-9)7-11(17-2)18-3;1-7-2-3-8-10(12-7)13(4-5-14)9(15)6-11-8;1-10(2,3)14-9(13)12-7-8-4-5-11-6-8;1-12-8-9-3-7-6(10-8)2-5(11)4-13-7/h2-3,10,12,16,24H,4-9,11,13-14H2,1H3;5-6,12,15H,7-11,13H2,1-4H3,(H,22,27);2-3,9,12H,4-8,10,16H2,1H3;4-6,11H,7H2,1-3H3;2-3,5-6H,4H2,1H3;8,11H,4-7H2,1-3H3,(H,12,13);3H,2,4H2,1H3/t16-;15-;12-;;;8-;/m000..1./s1. The number of aryl methyl sites for hydroxylation is 5. The summed E-state index contributed by atoms with van der Waals surface area (Å²) in [4.78, 5) is 182. The largest absolute Gasteiger partial charge is 0.482 e. The molecule has 142 heavy (non-hydrogen) atoms. The fourth-order valence-electron chi connectivity index (χ4n) is 16.4. The molecule has 6 aliphatic rings. The van der Waals surface area contributed by atoms with Gasteiger partial charge in [-0.2, -0.15) is 9.97 Å². The Bertz CT molecular complexity index is 6690. The van der Waals surface area contributed by atoms with Crippen molar-refractivity contribution in [3.05, 3.63) is 201 Å². The molecule has 0 radical (unpaired) electrons. The van der Waals surface area contributed by atoms with Crippen molar-refractivity contribution in [1.82, 2.24) is 129 Å². The third kappa shape index (κ3) is 31.6. The molecule has 4 saturated heterocycles. The number of nitrogens with two attached hydrogens (primary N) is 1. The molecule has 12 aromatic rings. The average molecular weight is 1960 g/mol. The van der Waals surface area contributed by atoms with Crippen molar-refractivity contribution in [2.45, 2.75) is 171 Å². The molecular weight excluding hydrogens is 1830 g/mol. The zero-order chi connectivity index (χ0) is 102. The van der Waals surface area contributed by atoms with Gasteiger partial charge in [-0.05, 0) is 232 Å². The fraction of sp³-hybridized carbons (Fsp3) is 0.510. The number of nitrogens with one attached hydrogen (secondary N) is 4. The highest BCUT2D eigenvalue weighted by atomic mass is 16.7. The Morgan fingerprint density at radius 2 is 0.831 bits per heavy atom. The molecule has 0 aliphatic carbocycles. The van der Waals surface area contributed by atoms with Gasteiger partial charge in [-0.1, -0.05) is 0 Å². The number of amides is 2. The maximum absolute atomic E-state index is 12.4. The van der Waals surface area contributed by atoms with Crippen LogP contribution in [0.15, 0.2) is 128 Å². The van der Waals surface area contributed by atoms with E-state index in [1.54, 1.807) is 26.0 Å². The van der Waals surface area contributed by atoms with Gasteiger partial charge in [0.05, 0.1) is 94.4 Å². The summed E-state index contributed by atoms with van der Waals surface area (Å²) in [6.07, 6.45) is 14.3. The second-order valence-electron chi connectivity index (χ2n) is 37.3. The molecule has 0 aromatic carbocycles. The van der Waals surface area contributed by atoms with Gasteiger partial charge in [-0.25, -0.2) is 69.4 Å². The summed E-state index contributed by atoms with van der Waals surface area (Å²) in [6, 6.07) is 19.0. The van der Waals surface area contributed by atoms with Crippen molar-refractivity contribution < 1.29 is 57.1 Å². The topological polar surface area (TPSA) is 524 Å². The first-order chi connectivity index (χ1) is 68.1. The van der Waals surface area contributed by atoms with E-state index in [1.165, 1.54) is 67.6 Å². The van der Waals surface area contributed by atoms with Gasteiger partial charge >= 0.3 is 18.2 Å². The Morgan fingerprint density at radius 3 is 1.22 bits per heavy atom. The first-order valence-corrected chi connectivity index (χ1v) is 47.5. The minimum absolute atomic E-state index is 0.00824. The molecule has 18 heterocycles. The second-order valence-corrected chi connectivity index (χ2v) is 37.3. The summed E-state index contributed by atoms with van der Waals surface area (Å²) in [5, 5.41) is 12.3. The lowest BCUT2D eigenvalue weighted by Gasteiger charge is -2.21. The Labute approximate surface area is 820 Å². The Morgan fingerprint density at radius 1 is 0.458 bits per heavy atom. The van der Waals surface area contributed by atoms with Crippen molar-refractivity contribution in [2.75, 3.05) is 133 Å². The number of Topliss-reactive ketones (excluding diaryl/α,β-unsaturated/α-hetero) is 2. The van der Waals surface area contributed by atoms with Gasteiger partial charge in [0.15, 0.2) is 57.6 Å². The van der Waals surface area contributed by atoms with E-state index in [1.807, 2.05) is 131 Å². The number of likely N-dealkylation sites (tertiary alicyclic amines) is 3. The lowest BCUT2D eigenvalue weighted by molar-refractivity contribution is -0.122. The second kappa shape index (κ2) is 51.1. The number of ketones is 2. The van der Waals surface area contributed by atoms with Crippen molar-refractivity contribution in [3.63, 3.8) is 0 Å². The Kier molecular flexibility index (Phi) is 38.5. The highest BCUT2D eigenvalue weighted by Gasteiger charge is 2.29. The zero-order valence-corrected chi connectivity index (χ0v) is 83.1. The van der Waals surface area contributed by atoms with Crippen LogP contribution in [-0.4, -0.2) is 288 Å². The zero-order valence-electron chi connectivity index (χ0n) is 83.1. The SMILES string of the molecule is CC(C)(C)OC(=O)NC[C@@H]1CCNC1.COC(Cn1c(=O)cnc2ccc(C)nc21)OC.COc1ncc2c(n1)CC(=O)CO2.Cc1ccc2ncc(=O)n(CC=O)c2n1.Cc1ccc2ncc(=O)n(CCN3CC[C@@H](CN)C3)c2n1.Cc1ccc2ncc(=O)n(CCN3CC[C@@H](CNC(=O)OC(C)(C)C)C3)c2n1.Cc1ccc2ncc(=O)n(CCN3CC[C@@H](CNCc4ncc5c(n4)CC(=O)CO5)C3)c2n1. The number of fused-ring (bicyclic) bond motifs is 7. The molecule has 4 fully saturated rings. The summed E-state index contributed by atoms with van der Waals surface area (Å²) in [5.41, 5.74) is 16.0. The Balaban J connectivity index is 0.000000152. The normalized spacial score (nSPS) is 16.7. The average Bonchev–Trinajstić information content (AvgIpc) is 1.05. The van der Waals surface area contributed by atoms with Gasteiger partial charge in [0.1, 0.15) is 64.1 Å². The van der Waals surface area contributed by atoms with Crippen molar-refractivity contribution in [3.8, 4) is 17.5 Å². The first kappa shape index (κ1) is 107. The summed E-state index contributed by atoms with van der Waals surface area (Å²) < 4.78 is 43.9. The number of methoxy groups -OCH3 is 3. The van der Waals surface area contributed by atoms with E-state index in [4.69, 9.17) is 38.9 Å².